The molecule has 0 saturated carbocycles. The average Bonchev–Trinajstić information content (AvgIpc) is 1.99. The molecule has 1 rings (SSSR count). The Balaban J connectivity index is 3.00. The second kappa shape index (κ2) is 3.58. The van der Waals surface area contributed by atoms with E-state index in [1.54, 1.807) is 6.92 Å². The van der Waals surface area contributed by atoms with Crippen LogP contribution >= 0.6 is 0 Å². The minimum Gasteiger partial charge on any atom is -0.407 e. The minimum atomic E-state index is -4.72. The fourth-order valence-electron chi connectivity index (χ4n) is 0.986. The number of halogens is 3. The summed E-state index contributed by atoms with van der Waals surface area (Å²) < 4.78 is 39.1. The highest BCUT2D eigenvalue weighted by Gasteiger charge is 2.31. The van der Waals surface area contributed by atoms with Crippen molar-refractivity contribution >= 4 is 5.69 Å². The van der Waals surface area contributed by atoms with Gasteiger partial charge in [0.25, 0.3) is 0 Å². The molecule has 0 unspecified atom stereocenters. The summed E-state index contributed by atoms with van der Waals surface area (Å²) >= 11 is 0. The van der Waals surface area contributed by atoms with Gasteiger partial charge in [0.1, 0.15) is 5.75 Å². The van der Waals surface area contributed by atoms with Crippen molar-refractivity contribution in [2.45, 2.75) is 13.3 Å². The zero-order valence-electron chi connectivity index (χ0n) is 7.22. The molecule has 0 N–H and O–H groups in total. The molecule has 0 aromatic heterocycles. The molecule has 0 bridgehead atoms. The number of rotatable bonds is 1. The van der Waals surface area contributed by atoms with Gasteiger partial charge < -0.3 is 4.74 Å². The summed E-state index contributed by atoms with van der Waals surface area (Å²) in [4.78, 5) is 3.02. The number of hydrogen-bond donors (Lipinski definition) is 0. The van der Waals surface area contributed by atoms with Gasteiger partial charge in [-0.25, -0.2) is 4.85 Å². The van der Waals surface area contributed by atoms with E-state index in [0.29, 0.717) is 5.56 Å². The Morgan fingerprint density at radius 2 is 1.93 bits per heavy atom. The molecular formula is C9H6F3NO. The smallest absolute Gasteiger partial charge is 0.407 e. The van der Waals surface area contributed by atoms with E-state index >= 15 is 0 Å². The van der Waals surface area contributed by atoms with E-state index in [4.69, 9.17) is 6.57 Å². The van der Waals surface area contributed by atoms with Gasteiger partial charge in [0.2, 0.25) is 0 Å². The molecule has 74 valence electrons. The second-order valence-electron chi connectivity index (χ2n) is 2.66. The molecule has 0 spiro atoms. The summed E-state index contributed by atoms with van der Waals surface area (Å²) in [6.45, 7) is 8.25. The minimum absolute atomic E-state index is 0.129. The third-order valence-electron chi connectivity index (χ3n) is 1.40. The van der Waals surface area contributed by atoms with Gasteiger partial charge >= 0.3 is 6.36 Å². The monoisotopic (exact) mass is 201 g/mol. The lowest BCUT2D eigenvalue weighted by Crippen LogP contribution is -2.17. The van der Waals surface area contributed by atoms with Crippen LogP contribution in [-0.4, -0.2) is 6.36 Å². The maximum Gasteiger partial charge on any atom is 0.573 e. The van der Waals surface area contributed by atoms with Crippen LogP contribution in [0.4, 0.5) is 18.9 Å². The van der Waals surface area contributed by atoms with Gasteiger partial charge in [-0.3, -0.25) is 0 Å². The van der Waals surface area contributed by atoms with Crippen LogP contribution in [0.3, 0.4) is 0 Å². The lowest BCUT2D eigenvalue weighted by Gasteiger charge is -2.09. The molecule has 0 atom stereocenters. The van der Waals surface area contributed by atoms with Crippen molar-refractivity contribution in [2.24, 2.45) is 0 Å². The molecule has 14 heavy (non-hydrogen) atoms. The van der Waals surface area contributed by atoms with Crippen LogP contribution in [-0.2, 0) is 0 Å². The largest absolute Gasteiger partial charge is 0.573 e. The Kier molecular flexibility index (Phi) is 2.65. The van der Waals surface area contributed by atoms with Gasteiger partial charge in [0.05, 0.1) is 6.57 Å². The standard InChI is InChI=1S/C9H6F3NO/c1-6-3-7(13-2)5-8(4-6)14-9(10,11)12/h3-5H,1H3. The topological polar surface area (TPSA) is 13.6 Å². The van der Waals surface area contributed by atoms with E-state index in [-0.39, 0.29) is 11.4 Å². The van der Waals surface area contributed by atoms with Gasteiger partial charge in [-0.1, -0.05) is 11.6 Å². The molecule has 0 aliphatic rings. The van der Waals surface area contributed by atoms with Crippen LogP contribution in [0.15, 0.2) is 18.2 Å². The average molecular weight is 201 g/mol. The third-order valence-corrected chi connectivity index (χ3v) is 1.40. The van der Waals surface area contributed by atoms with Crippen molar-refractivity contribution in [1.82, 2.24) is 0 Å². The Bertz CT molecular complexity index is 379. The first-order chi connectivity index (χ1) is 6.40. The van der Waals surface area contributed by atoms with Crippen LogP contribution in [0.2, 0.25) is 0 Å². The lowest BCUT2D eigenvalue weighted by atomic mass is 10.2. The quantitative estimate of drug-likeness (QED) is 0.634. The molecule has 1 aromatic carbocycles. The predicted molar refractivity (Wildman–Crippen MR) is 44.1 cm³/mol. The Hall–Kier alpha value is -1.70. The molecule has 0 saturated heterocycles. The number of aryl methyl sites for hydroxylation is 1. The molecule has 0 aliphatic heterocycles. The molecule has 0 heterocycles. The number of hydrogen-bond acceptors (Lipinski definition) is 1. The van der Waals surface area contributed by atoms with E-state index < -0.39 is 6.36 Å². The van der Waals surface area contributed by atoms with Crippen LogP contribution in [0, 0.1) is 13.5 Å². The highest BCUT2D eigenvalue weighted by Crippen LogP contribution is 2.27. The Morgan fingerprint density at radius 1 is 1.29 bits per heavy atom. The first-order valence-electron chi connectivity index (χ1n) is 3.65. The molecular weight excluding hydrogens is 195 g/mol. The summed E-state index contributed by atoms with van der Waals surface area (Å²) in [5.41, 5.74) is 0.682. The molecule has 2 nitrogen and oxygen atoms in total. The van der Waals surface area contributed by atoms with Crippen molar-refractivity contribution < 1.29 is 17.9 Å². The molecule has 5 heteroatoms. The molecule has 0 aliphatic carbocycles. The van der Waals surface area contributed by atoms with E-state index in [0.717, 1.165) is 6.07 Å². The predicted octanol–water partition coefficient (Wildman–Crippen LogP) is 3.44. The summed E-state index contributed by atoms with van der Waals surface area (Å²) in [6, 6.07) is 3.76. The third kappa shape index (κ3) is 2.98. The number of benzene rings is 1. The van der Waals surface area contributed by atoms with E-state index in [1.165, 1.54) is 12.1 Å². The second-order valence-corrected chi connectivity index (χ2v) is 2.66. The van der Waals surface area contributed by atoms with E-state index in [2.05, 4.69) is 9.58 Å². The number of ether oxygens (including phenoxy) is 1. The van der Waals surface area contributed by atoms with Crippen molar-refractivity contribution in [2.75, 3.05) is 0 Å². The maximum absolute atomic E-state index is 11.8. The van der Waals surface area contributed by atoms with E-state index in [1.807, 2.05) is 0 Å². The molecule has 0 amide bonds. The zero-order valence-corrected chi connectivity index (χ0v) is 7.22. The molecule has 1 aromatic rings. The lowest BCUT2D eigenvalue weighted by molar-refractivity contribution is -0.274. The van der Waals surface area contributed by atoms with Crippen LogP contribution < -0.4 is 4.74 Å². The van der Waals surface area contributed by atoms with Crippen LogP contribution in [0.5, 0.6) is 5.75 Å². The van der Waals surface area contributed by atoms with Gasteiger partial charge in [0, 0.05) is 0 Å². The van der Waals surface area contributed by atoms with Crippen LogP contribution in [0.25, 0.3) is 4.85 Å². The number of alkyl halides is 3. The summed E-state index contributed by atoms with van der Waals surface area (Å²) in [5.74, 6) is -0.358. The van der Waals surface area contributed by atoms with E-state index in [9.17, 15) is 13.2 Å². The maximum atomic E-state index is 11.8. The molecule has 0 fully saturated rings. The first kappa shape index (κ1) is 10.4. The van der Waals surface area contributed by atoms with Gasteiger partial charge in [-0.05, 0) is 19.1 Å². The van der Waals surface area contributed by atoms with Crippen molar-refractivity contribution in [3.05, 3.63) is 35.2 Å². The molecule has 0 radical (unpaired) electrons. The van der Waals surface area contributed by atoms with Crippen molar-refractivity contribution in [3.63, 3.8) is 0 Å². The summed E-state index contributed by atoms with van der Waals surface area (Å²) in [6.07, 6.45) is -4.72. The van der Waals surface area contributed by atoms with Crippen LogP contribution in [0.1, 0.15) is 5.56 Å². The zero-order chi connectivity index (χ0) is 10.8. The fourth-order valence-corrected chi connectivity index (χ4v) is 0.986. The van der Waals surface area contributed by atoms with Crippen molar-refractivity contribution in [3.8, 4) is 5.75 Å². The summed E-state index contributed by atoms with van der Waals surface area (Å²) in [7, 11) is 0. The Labute approximate surface area is 78.7 Å². The normalized spacial score (nSPS) is 10.8. The summed E-state index contributed by atoms with van der Waals surface area (Å²) in [5, 5.41) is 0. The number of nitrogens with zero attached hydrogens (tertiary/aromatic N) is 1. The Morgan fingerprint density at radius 3 is 2.43 bits per heavy atom. The van der Waals surface area contributed by atoms with Gasteiger partial charge in [-0.2, -0.15) is 0 Å². The van der Waals surface area contributed by atoms with Gasteiger partial charge in [0.15, 0.2) is 5.69 Å². The van der Waals surface area contributed by atoms with Gasteiger partial charge in [-0.15, -0.1) is 13.2 Å². The fraction of sp³-hybridized carbons (Fsp3) is 0.222. The van der Waals surface area contributed by atoms with Crippen molar-refractivity contribution in [1.29, 1.82) is 0 Å². The highest BCUT2D eigenvalue weighted by molar-refractivity contribution is 5.51. The first-order valence-corrected chi connectivity index (χ1v) is 3.65. The highest BCUT2D eigenvalue weighted by atomic mass is 19.4. The SMILES string of the molecule is [C-]#[N+]c1cc(C)cc(OC(F)(F)F)c1.